The van der Waals surface area contributed by atoms with Gasteiger partial charge in [0.25, 0.3) is 5.91 Å². The molecule has 5 heteroatoms. The van der Waals surface area contributed by atoms with Gasteiger partial charge >= 0.3 is 0 Å². The van der Waals surface area contributed by atoms with Crippen molar-refractivity contribution in [3.05, 3.63) is 29.8 Å². The summed E-state index contributed by atoms with van der Waals surface area (Å²) in [4.78, 5) is 28.3. The van der Waals surface area contributed by atoms with E-state index in [-0.39, 0.29) is 11.8 Å². The first kappa shape index (κ1) is 15.4. The molecule has 4 nitrogen and oxygen atoms in total. The largest absolute Gasteiger partial charge is 0.338 e. The van der Waals surface area contributed by atoms with Crippen molar-refractivity contribution in [2.24, 2.45) is 0 Å². The Kier molecular flexibility index (Phi) is 5.03. The third-order valence-corrected chi connectivity index (χ3v) is 5.31. The second-order valence-electron chi connectivity index (χ2n) is 5.81. The molecular formula is C17H22N2O2S. The van der Waals surface area contributed by atoms with Crippen molar-refractivity contribution in [1.82, 2.24) is 4.90 Å². The van der Waals surface area contributed by atoms with Crippen molar-refractivity contribution < 1.29 is 9.59 Å². The number of hydrogen-bond acceptors (Lipinski definition) is 3. The van der Waals surface area contributed by atoms with Crippen molar-refractivity contribution in [3.63, 3.8) is 0 Å². The highest BCUT2D eigenvalue weighted by Gasteiger charge is 2.21. The molecule has 0 aliphatic carbocycles. The molecule has 1 aromatic carbocycles. The van der Waals surface area contributed by atoms with Crippen molar-refractivity contribution in [2.75, 3.05) is 36.0 Å². The number of carbonyl (C=O) groups is 2. The number of thioether (sulfide) groups is 1. The standard InChI is InChI=1S/C17H22N2O2S/c20-16-4-1-2-10-19(16)15-7-5-14(6-8-15)17(21)18-9-3-12-22-13-11-18/h5-8H,1-4,9-13H2. The highest BCUT2D eigenvalue weighted by atomic mass is 32.2. The summed E-state index contributed by atoms with van der Waals surface area (Å²) in [6.45, 7) is 2.46. The zero-order valence-corrected chi connectivity index (χ0v) is 13.6. The Morgan fingerprint density at radius 1 is 0.955 bits per heavy atom. The molecule has 2 amide bonds. The van der Waals surface area contributed by atoms with Gasteiger partial charge in [0.15, 0.2) is 0 Å². The number of rotatable bonds is 2. The summed E-state index contributed by atoms with van der Waals surface area (Å²) in [5.41, 5.74) is 1.63. The van der Waals surface area contributed by atoms with Crippen LogP contribution in [0, 0.1) is 0 Å². The summed E-state index contributed by atoms with van der Waals surface area (Å²) < 4.78 is 0. The zero-order valence-electron chi connectivity index (χ0n) is 12.8. The maximum absolute atomic E-state index is 12.5. The van der Waals surface area contributed by atoms with Crippen LogP contribution in [0.15, 0.2) is 24.3 Å². The summed E-state index contributed by atoms with van der Waals surface area (Å²) in [6, 6.07) is 7.53. The predicted molar refractivity (Wildman–Crippen MR) is 90.5 cm³/mol. The molecule has 0 unspecified atom stereocenters. The van der Waals surface area contributed by atoms with Crippen LogP contribution in [0.2, 0.25) is 0 Å². The number of anilines is 1. The minimum atomic E-state index is 0.110. The Labute approximate surface area is 135 Å². The Bertz CT molecular complexity index is 536. The number of hydrogen-bond donors (Lipinski definition) is 0. The zero-order chi connectivity index (χ0) is 15.4. The van der Waals surface area contributed by atoms with Crippen LogP contribution in [0.1, 0.15) is 36.0 Å². The van der Waals surface area contributed by atoms with Crippen molar-refractivity contribution in [1.29, 1.82) is 0 Å². The molecule has 0 atom stereocenters. The average molecular weight is 318 g/mol. The Morgan fingerprint density at radius 2 is 1.77 bits per heavy atom. The normalized spacial score (nSPS) is 19.9. The summed E-state index contributed by atoms with van der Waals surface area (Å²) in [5.74, 6) is 2.46. The molecular weight excluding hydrogens is 296 g/mol. The topological polar surface area (TPSA) is 40.6 Å². The molecule has 1 aromatic rings. The lowest BCUT2D eigenvalue weighted by atomic mass is 10.1. The van der Waals surface area contributed by atoms with Crippen LogP contribution in [0.25, 0.3) is 0 Å². The van der Waals surface area contributed by atoms with E-state index in [1.54, 1.807) is 0 Å². The van der Waals surface area contributed by atoms with Crippen molar-refractivity contribution in [3.8, 4) is 0 Å². The SMILES string of the molecule is O=C(c1ccc(N2CCCCC2=O)cc1)N1CCCSCC1. The fraction of sp³-hybridized carbons (Fsp3) is 0.529. The summed E-state index contributed by atoms with van der Waals surface area (Å²) >= 11 is 1.92. The van der Waals surface area contributed by atoms with Crippen LogP contribution in [0.5, 0.6) is 0 Å². The molecule has 0 saturated carbocycles. The highest BCUT2D eigenvalue weighted by molar-refractivity contribution is 7.99. The minimum Gasteiger partial charge on any atom is -0.338 e. The first-order valence-electron chi connectivity index (χ1n) is 8.03. The van der Waals surface area contributed by atoms with Gasteiger partial charge in [-0.2, -0.15) is 11.8 Å². The van der Waals surface area contributed by atoms with Gasteiger partial charge in [0, 0.05) is 43.1 Å². The maximum atomic E-state index is 12.5. The molecule has 0 spiro atoms. The van der Waals surface area contributed by atoms with Crippen molar-refractivity contribution in [2.45, 2.75) is 25.7 Å². The first-order chi connectivity index (χ1) is 10.8. The molecule has 2 aliphatic rings. The van der Waals surface area contributed by atoms with E-state index < -0.39 is 0 Å². The average Bonchev–Trinajstić information content (AvgIpc) is 2.84. The molecule has 118 valence electrons. The molecule has 2 fully saturated rings. The lowest BCUT2D eigenvalue weighted by molar-refractivity contribution is -0.119. The molecule has 0 bridgehead atoms. The number of amides is 2. The van der Waals surface area contributed by atoms with Gasteiger partial charge in [-0.3, -0.25) is 9.59 Å². The quantitative estimate of drug-likeness (QED) is 0.842. The maximum Gasteiger partial charge on any atom is 0.253 e. The van der Waals surface area contributed by atoms with E-state index in [0.717, 1.165) is 61.7 Å². The van der Waals surface area contributed by atoms with E-state index in [2.05, 4.69) is 0 Å². The van der Waals surface area contributed by atoms with Crippen LogP contribution in [-0.4, -0.2) is 47.9 Å². The van der Waals surface area contributed by atoms with Crippen LogP contribution in [0.4, 0.5) is 5.69 Å². The van der Waals surface area contributed by atoms with Gasteiger partial charge in [-0.1, -0.05) is 0 Å². The Balaban J connectivity index is 1.70. The molecule has 2 saturated heterocycles. The van der Waals surface area contributed by atoms with E-state index in [9.17, 15) is 9.59 Å². The minimum absolute atomic E-state index is 0.110. The van der Waals surface area contributed by atoms with Gasteiger partial charge in [-0.25, -0.2) is 0 Å². The van der Waals surface area contributed by atoms with E-state index in [1.807, 2.05) is 45.8 Å². The first-order valence-corrected chi connectivity index (χ1v) is 9.18. The van der Waals surface area contributed by atoms with Crippen LogP contribution in [0.3, 0.4) is 0 Å². The van der Waals surface area contributed by atoms with Gasteiger partial charge in [-0.05, 0) is 49.3 Å². The van der Waals surface area contributed by atoms with E-state index in [0.29, 0.717) is 6.42 Å². The number of piperidine rings is 1. The summed E-state index contributed by atoms with van der Waals surface area (Å²) in [5, 5.41) is 0. The van der Waals surface area contributed by atoms with Crippen LogP contribution < -0.4 is 4.90 Å². The van der Waals surface area contributed by atoms with Gasteiger partial charge < -0.3 is 9.80 Å². The Hall–Kier alpha value is -1.49. The van der Waals surface area contributed by atoms with Gasteiger partial charge in [0.1, 0.15) is 0 Å². The second-order valence-corrected chi connectivity index (χ2v) is 7.03. The number of benzene rings is 1. The third kappa shape index (κ3) is 3.46. The number of carbonyl (C=O) groups excluding carboxylic acids is 2. The third-order valence-electron chi connectivity index (χ3n) is 4.26. The second kappa shape index (κ2) is 7.18. The van der Waals surface area contributed by atoms with Gasteiger partial charge in [0.05, 0.1) is 0 Å². The number of nitrogens with zero attached hydrogens (tertiary/aromatic N) is 2. The monoisotopic (exact) mass is 318 g/mol. The fourth-order valence-corrected chi connectivity index (χ4v) is 3.88. The molecule has 0 aromatic heterocycles. The predicted octanol–water partition coefficient (Wildman–Crippen LogP) is 2.78. The van der Waals surface area contributed by atoms with E-state index in [1.165, 1.54) is 0 Å². The fourth-order valence-electron chi connectivity index (χ4n) is 2.99. The van der Waals surface area contributed by atoms with Crippen LogP contribution >= 0.6 is 11.8 Å². The van der Waals surface area contributed by atoms with E-state index >= 15 is 0 Å². The summed E-state index contributed by atoms with van der Waals surface area (Å²) in [6.07, 6.45) is 3.74. The molecule has 2 heterocycles. The molecule has 0 radical (unpaired) electrons. The molecule has 0 N–H and O–H groups in total. The Morgan fingerprint density at radius 3 is 2.55 bits per heavy atom. The van der Waals surface area contributed by atoms with Crippen molar-refractivity contribution >= 4 is 29.3 Å². The molecule has 3 rings (SSSR count). The lowest BCUT2D eigenvalue weighted by Crippen LogP contribution is -2.35. The van der Waals surface area contributed by atoms with Gasteiger partial charge in [-0.15, -0.1) is 0 Å². The molecule has 22 heavy (non-hydrogen) atoms. The lowest BCUT2D eigenvalue weighted by Gasteiger charge is -2.27. The van der Waals surface area contributed by atoms with E-state index in [4.69, 9.17) is 0 Å². The smallest absolute Gasteiger partial charge is 0.253 e. The van der Waals surface area contributed by atoms with Crippen LogP contribution in [-0.2, 0) is 4.79 Å². The highest BCUT2D eigenvalue weighted by Crippen LogP contribution is 2.22. The van der Waals surface area contributed by atoms with Gasteiger partial charge in [0.2, 0.25) is 5.91 Å². The molecule has 2 aliphatic heterocycles. The summed E-state index contributed by atoms with van der Waals surface area (Å²) in [7, 11) is 0.